The van der Waals surface area contributed by atoms with E-state index in [1.54, 1.807) is 0 Å². The molecule has 1 aliphatic rings. The van der Waals surface area contributed by atoms with Crippen LogP contribution in [-0.2, 0) is 22.8 Å². The van der Waals surface area contributed by atoms with Gasteiger partial charge in [0, 0.05) is 11.5 Å². The molecule has 4 atom stereocenters. The van der Waals surface area contributed by atoms with Crippen molar-refractivity contribution >= 4 is 25.0 Å². The molecule has 0 aliphatic carbocycles. The highest BCUT2D eigenvalue weighted by atomic mass is 28.4. The third-order valence-electron chi connectivity index (χ3n) is 9.19. The zero-order valence-electron chi connectivity index (χ0n) is 27.6. The maximum absolute atomic E-state index is 9.71. The van der Waals surface area contributed by atoms with Crippen LogP contribution in [0.5, 0.6) is 0 Å². The van der Waals surface area contributed by atoms with Crippen LogP contribution in [0.15, 0.2) is 5.11 Å². The largest absolute Gasteiger partial charge is 0.416 e. The highest BCUT2D eigenvalue weighted by Gasteiger charge is 2.52. The predicted octanol–water partition coefficient (Wildman–Crippen LogP) is 8.62. The molecule has 0 saturated carbocycles. The van der Waals surface area contributed by atoms with Gasteiger partial charge in [-0.15, -0.1) is 0 Å². The fraction of sp³-hybridized carbons (Fsp3) is 1.00. The van der Waals surface area contributed by atoms with Crippen molar-refractivity contribution in [2.24, 2.45) is 5.11 Å². The number of hydrogen-bond donors (Lipinski definition) is 0. The van der Waals surface area contributed by atoms with E-state index in [1.807, 2.05) is 13.8 Å². The lowest BCUT2D eigenvalue weighted by Crippen LogP contribution is -2.60. The summed E-state index contributed by atoms with van der Waals surface area (Å²) in [4.78, 5) is 3.27. The van der Waals surface area contributed by atoms with Crippen LogP contribution < -0.4 is 0 Å². The van der Waals surface area contributed by atoms with E-state index in [2.05, 4.69) is 112 Å². The fourth-order valence-electron chi connectivity index (χ4n) is 3.40. The lowest BCUT2D eigenvalue weighted by Gasteiger charge is -2.48. The number of ether oxygens (including phenoxy) is 2. The Hall–Kier alpha value is -0.239. The van der Waals surface area contributed by atoms with Crippen molar-refractivity contribution in [1.82, 2.24) is 0 Å². The molecule has 1 fully saturated rings. The second-order valence-electron chi connectivity index (χ2n) is 15.9. The van der Waals surface area contributed by atoms with Gasteiger partial charge in [-0.25, -0.2) is 0 Å². The molecule has 1 saturated heterocycles. The van der Waals surface area contributed by atoms with Gasteiger partial charge in [-0.2, -0.15) is 0 Å². The van der Waals surface area contributed by atoms with Crippen LogP contribution in [0.4, 0.5) is 0 Å². The van der Waals surface area contributed by atoms with E-state index < -0.39 is 49.0 Å². The molecule has 11 heteroatoms. The quantitative estimate of drug-likeness (QED) is 0.104. The predicted molar refractivity (Wildman–Crippen MR) is 165 cm³/mol. The summed E-state index contributed by atoms with van der Waals surface area (Å²) >= 11 is 0. The first-order valence-corrected chi connectivity index (χ1v) is 22.8. The molecule has 0 aromatic carbocycles. The second kappa shape index (κ2) is 11.9. The third kappa shape index (κ3) is 9.14. The number of rotatable bonds is 11. The molecule has 0 amide bonds. The Bertz CT molecular complexity index is 838. The SMILES string of the molecule is CC1(C)OC[C@H]([C@H](O[Si](C)(C)C(C)(C)C)[C@@H](O[Si](C)(C)C(C)(C)C)[C@H](CO[Si](C)(C)C(C)(C)C)N=[N+]=[N-])O1. The number of nitrogens with zero attached hydrogens (tertiary/aromatic N) is 3. The number of hydrogen-bond acceptors (Lipinski definition) is 6. The first-order valence-electron chi connectivity index (χ1n) is 14.0. The average molecular weight is 590 g/mol. The molecule has 1 heterocycles. The molecule has 0 aromatic rings. The molecule has 0 unspecified atom stereocenters. The average Bonchev–Trinajstić information content (AvgIpc) is 3.04. The molecule has 0 N–H and O–H groups in total. The highest BCUT2D eigenvalue weighted by molar-refractivity contribution is 6.75. The van der Waals surface area contributed by atoms with Crippen LogP contribution in [0, 0.1) is 0 Å². The smallest absolute Gasteiger partial charge is 0.192 e. The van der Waals surface area contributed by atoms with E-state index in [4.69, 9.17) is 22.8 Å². The third-order valence-corrected chi connectivity index (χ3v) is 22.6. The van der Waals surface area contributed by atoms with Gasteiger partial charge in [0.15, 0.2) is 30.7 Å². The second-order valence-corrected chi connectivity index (χ2v) is 30.2. The maximum Gasteiger partial charge on any atom is 0.192 e. The molecule has 0 bridgehead atoms. The Kier molecular flexibility index (Phi) is 11.2. The van der Waals surface area contributed by atoms with Gasteiger partial charge in [-0.1, -0.05) is 67.4 Å². The van der Waals surface area contributed by atoms with Crippen molar-refractivity contribution in [2.75, 3.05) is 13.2 Å². The lowest BCUT2D eigenvalue weighted by molar-refractivity contribution is -0.158. The van der Waals surface area contributed by atoms with E-state index in [-0.39, 0.29) is 27.8 Å². The van der Waals surface area contributed by atoms with Crippen LogP contribution in [0.25, 0.3) is 10.4 Å². The van der Waals surface area contributed by atoms with Gasteiger partial charge in [0.1, 0.15) is 6.10 Å². The first kappa shape index (κ1) is 35.8. The summed E-state index contributed by atoms with van der Waals surface area (Å²) in [5, 5.41) is 4.24. The van der Waals surface area contributed by atoms with Crippen molar-refractivity contribution in [3.05, 3.63) is 10.4 Å². The van der Waals surface area contributed by atoms with Crippen molar-refractivity contribution in [1.29, 1.82) is 0 Å². The zero-order valence-corrected chi connectivity index (χ0v) is 30.6. The topological polar surface area (TPSA) is 94.9 Å². The van der Waals surface area contributed by atoms with E-state index in [9.17, 15) is 5.53 Å². The summed E-state index contributed by atoms with van der Waals surface area (Å²) < 4.78 is 33.3. The Morgan fingerprint density at radius 1 is 0.842 bits per heavy atom. The van der Waals surface area contributed by atoms with Gasteiger partial charge in [0.25, 0.3) is 0 Å². The minimum absolute atomic E-state index is 0.0210. The molecular formula is C27H59N3O5Si3. The Labute approximate surface area is 236 Å². The molecule has 0 radical (unpaired) electrons. The summed E-state index contributed by atoms with van der Waals surface area (Å²) in [5.74, 6) is -0.729. The van der Waals surface area contributed by atoms with Gasteiger partial charge in [-0.05, 0) is 73.8 Å². The summed E-state index contributed by atoms with van der Waals surface area (Å²) in [5.41, 5.74) is 9.71. The fourth-order valence-corrected chi connectivity index (χ4v) is 7.07. The molecule has 8 nitrogen and oxygen atoms in total. The molecular weight excluding hydrogens is 531 g/mol. The van der Waals surface area contributed by atoms with Crippen LogP contribution >= 0.6 is 0 Å². The lowest BCUT2D eigenvalue weighted by atomic mass is 10.0. The summed E-state index contributed by atoms with van der Waals surface area (Å²) in [6.07, 6.45) is -1.39. The number of azide groups is 1. The standard InChI is InChI=1S/C27H59N3O5Si3/c1-24(2,3)36(12,13)32-18-20(29-30-28)22(34-37(14,15)25(4,5)6)23(21-19-31-27(10,11)33-21)35-38(16,17)26(7,8)9/h20-23H,18-19H2,1-17H3/t20-,21+,22-,23-/m0/s1. The molecule has 0 spiro atoms. The van der Waals surface area contributed by atoms with Crippen LogP contribution in [0.3, 0.4) is 0 Å². The van der Waals surface area contributed by atoms with Crippen molar-refractivity contribution in [2.45, 2.75) is 161 Å². The van der Waals surface area contributed by atoms with E-state index >= 15 is 0 Å². The van der Waals surface area contributed by atoms with Crippen molar-refractivity contribution in [3.8, 4) is 0 Å². The molecule has 1 aliphatic heterocycles. The molecule has 224 valence electrons. The maximum atomic E-state index is 9.71. The van der Waals surface area contributed by atoms with Crippen molar-refractivity contribution in [3.63, 3.8) is 0 Å². The monoisotopic (exact) mass is 589 g/mol. The highest BCUT2D eigenvalue weighted by Crippen LogP contribution is 2.43. The molecule has 1 rings (SSSR count). The van der Waals surface area contributed by atoms with Crippen LogP contribution in [-0.4, -0.2) is 68.3 Å². The Balaban J connectivity index is 3.70. The normalized spacial score (nSPS) is 22.1. The summed E-state index contributed by atoms with van der Waals surface area (Å²) in [6.45, 7) is 37.8. The zero-order chi connectivity index (χ0) is 30.2. The van der Waals surface area contributed by atoms with E-state index in [1.165, 1.54) is 0 Å². The van der Waals surface area contributed by atoms with Crippen LogP contribution in [0.2, 0.25) is 54.4 Å². The summed E-state index contributed by atoms with van der Waals surface area (Å²) in [7, 11) is -6.74. The first-order chi connectivity index (χ1) is 16.7. The van der Waals surface area contributed by atoms with Crippen LogP contribution in [0.1, 0.15) is 76.2 Å². The minimum Gasteiger partial charge on any atom is -0.416 e. The summed E-state index contributed by atoms with van der Waals surface area (Å²) in [6, 6.07) is -0.578. The van der Waals surface area contributed by atoms with Gasteiger partial charge < -0.3 is 22.8 Å². The van der Waals surface area contributed by atoms with Gasteiger partial charge in [0.05, 0.1) is 24.9 Å². The van der Waals surface area contributed by atoms with E-state index in [0.29, 0.717) is 6.61 Å². The van der Waals surface area contributed by atoms with Gasteiger partial charge in [-0.3, -0.25) is 0 Å². The van der Waals surface area contributed by atoms with E-state index in [0.717, 1.165) is 0 Å². The Morgan fingerprint density at radius 2 is 1.29 bits per heavy atom. The van der Waals surface area contributed by atoms with Crippen molar-refractivity contribution < 1.29 is 22.8 Å². The van der Waals surface area contributed by atoms with Gasteiger partial charge >= 0.3 is 0 Å². The molecule has 38 heavy (non-hydrogen) atoms. The minimum atomic E-state index is -2.33. The van der Waals surface area contributed by atoms with Gasteiger partial charge in [0.2, 0.25) is 0 Å². The Morgan fingerprint density at radius 3 is 1.66 bits per heavy atom. The molecule has 0 aromatic heterocycles.